The van der Waals surface area contributed by atoms with Gasteiger partial charge in [-0.05, 0) is 33.8 Å². The molecular formula is C15H18BrNO2. The fourth-order valence-electron chi connectivity index (χ4n) is 2.62. The molecule has 1 fully saturated rings. The largest absolute Gasteiger partial charge is 0.476 e. The van der Waals surface area contributed by atoms with Gasteiger partial charge >= 0.3 is 0 Å². The SMILES string of the molecule is CC1(C)COC([C@@]2(C)O[C@@]2(C)c2ccccc2Br)=N1. The molecule has 0 N–H and O–H groups in total. The highest BCUT2D eigenvalue weighted by Gasteiger charge is 2.70. The van der Waals surface area contributed by atoms with Crippen LogP contribution >= 0.6 is 15.9 Å². The van der Waals surface area contributed by atoms with Crippen LogP contribution < -0.4 is 0 Å². The maximum absolute atomic E-state index is 6.05. The highest BCUT2D eigenvalue weighted by atomic mass is 79.9. The Morgan fingerprint density at radius 3 is 2.37 bits per heavy atom. The maximum Gasteiger partial charge on any atom is 0.220 e. The molecule has 3 nitrogen and oxygen atoms in total. The molecule has 3 rings (SSSR count). The quantitative estimate of drug-likeness (QED) is 0.778. The summed E-state index contributed by atoms with van der Waals surface area (Å²) in [6, 6.07) is 8.14. The summed E-state index contributed by atoms with van der Waals surface area (Å²) in [6.45, 7) is 8.90. The van der Waals surface area contributed by atoms with E-state index in [0.29, 0.717) is 6.61 Å². The van der Waals surface area contributed by atoms with Crippen LogP contribution in [-0.2, 0) is 15.1 Å². The highest BCUT2D eigenvalue weighted by Crippen LogP contribution is 2.58. The second-order valence-electron chi connectivity index (χ2n) is 6.17. The number of ether oxygens (including phenoxy) is 2. The van der Waals surface area contributed by atoms with Gasteiger partial charge < -0.3 is 9.47 Å². The van der Waals surface area contributed by atoms with Gasteiger partial charge in [0.1, 0.15) is 12.2 Å². The molecule has 0 spiro atoms. The van der Waals surface area contributed by atoms with E-state index in [2.05, 4.69) is 47.8 Å². The van der Waals surface area contributed by atoms with Gasteiger partial charge in [0.05, 0.1) is 5.54 Å². The number of rotatable bonds is 2. The zero-order chi connectivity index (χ0) is 13.9. The third-order valence-electron chi connectivity index (χ3n) is 4.04. The van der Waals surface area contributed by atoms with Gasteiger partial charge in [0.25, 0.3) is 0 Å². The lowest BCUT2D eigenvalue weighted by Crippen LogP contribution is -2.28. The van der Waals surface area contributed by atoms with Crippen LogP contribution in [0.2, 0.25) is 0 Å². The molecular weight excluding hydrogens is 306 g/mol. The fraction of sp³-hybridized carbons (Fsp3) is 0.533. The number of epoxide rings is 1. The van der Waals surface area contributed by atoms with E-state index in [1.807, 2.05) is 25.1 Å². The molecule has 0 aliphatic carbocycles. The minimum atomic E-state index is -0.468. The first-order valence-electron chi connectivity index (χ1n) is 6.47. The van der Waals surface area contributed by atoms with Crippen LogP contribution in [0.3, 0.4) is 0 Å². The molecule has 0 amide bonds. The minimum absolute atomic E-state index is 0.154. The highest BCUT2D eigenvalue weighted by molar-refractivity contribution is 9.10. The summed E-state index contributed by atoms with van der Waals surface area (Å²) in [5.41, 5.74) is 0.129. The molecule has 0 bridgehead atoms. The fourth-order valence-corrected chi connectivity index (χ4v) is 3.28. The van der Waals surface area contributed by atoms with Crippen molar-refractivity contribution < 1.29 is 9.47 Å². The number of hydrogen-bond acceptors (Lipinski definition) is 3. The minimum Gasteiger partial charge on any atom is -0.476 e. The molecule has 1 aromatic carbocycles. The van der Waals surface area contributed by atoms with E-state index in [1.54, 1.807) is 0 Å². The van der Waals surface area contributed by atoms with Gasteiger partial charge in [0, 0.05) is 10.0 Å². The van der Waals surface area contributed by atoms with E-state index in [1.165, 1.54) is 0 Å². The van der Waals surface area contributed by atoms with Crippen molar-refractivity contribution in [2.24, 2.45) is 4.99 Å². The topological polar surface area (TPSA) is 34.1 Å². The molecule has 2 heterocycles. The van der Waals surface area contributed by atoms with Crippen LogP contribution in [0.1, 0.15) is 33.3 Å². The lowest BCUT2D eigenvalue weighted by molar-refractivity contribution is 0.247. The molecule has 4 heteroatoms. The van der Waals surface area contributed by atoms with Crippen LogP contribution in [0, 0.1) is 0 Å². The van der Waals surface area contributed by atoms with E-state index in [4.69, 9.17) is 9.47 Å². The average molecular weight is 324 g/mol. The van der Waals surface area contributed by atoms with Crippen molar-refractivity contribution in [2.45, 2.75) is 44.4 Å². The summed E-state index contributed by atoms with van der Waals surface area (Å²) in [7, 11) is 0. The van der Waals surface area contributed by atoms with E-state index >= 15 is 0 Å². The van der Waals surface area contributed by atoms with Crippen molar-refractivity contribution >= 4 is 21.8 Å². The molecule has 19 heavy (non-hydrogen) atoms. The maximum atomic E-state index is 6.05. The lowest BCUT2D eigenvalue weighted by atomic mass is 9.88. The van der Waals surface area contributed by atoms with Crippen LogP contribution in [0.5, 0.6) is 0 Å². The van der Waals surface area contributed by atoms with Gasteiger partial charge in [-0.25, -0.2) is 4.99 Å². The van der Waals surface area contributed by atoms with Crippen LogP contribution in [0.4, 0.5) is 0 Å². The van der Waals surface area contributed by atoms with Crippen molar-refractivity contribution in [1.29, 1.82) is 0 Å². The Labute approximate surface area is 122 Å². The summed E-state index contributed by atoms with van der Waals surface area (Å²) < 4.78 is 12.9. The van der Waals surface area contributed by atoms with Crippen molar-refractivity contribution in [3.05, 3.63) is 34.3 Å². The molecule has 1 saturated heterocycles. The van der Waals surface area contributed by atoms with Gasteiger partial charge in [-0.1, -0.05) is 34.1 Å². The Morgan fingerprint density at radius 2 is 1.79 bits per heavy atom. The molecule has 2 atom stereocenters. The normalized spacial score (nSPS) is 35.7. The Hall–Kier alpha value is -0.870. The molecule has 2 aliphatic rings. The molecule has 102 valence electrons. The van der Waals surface area contributed by atoms with E-state index in [0.717, 1.165) is 15.9 Å². The molecule has 1 aromatic rings. The third kappa shape index (κ3) is 1.84. The average Bonchev–Trinajstić information content (AvgIpc) is 2.71. The van der Waals surface area contributed by atoms with Gasteiger partial charge in [-0.2, -0.15) is 0 Å². The molecule has 0 radical (unpaired) electrons. The molecule has 2 aliphatic heterocycles. The number of aliphatic imine (C=N–C) groups is 1. The van der Waals surface area contributed by atoms with Crippen molar-refractivity contribution in [2.75, 3.05) is 6.61 Å². The first-order chi connectivity index (χ1) is 8.79. The van der Waals surface area contributed by atoms with Crippen molar-refractivity contribution in [3.8, 4) is 0 Å². The summed E-state index contributed by atoms with van der Waals surface area (Å²) in [6.07, 6.45) is 0. The summed E-state index contributed by atoms with van der Waals surface area (Å²) >= 11 is 3.59. The van der Waals surface area contributed by atoms with Gasteiger partial charge in [-0.15, -0.1) is 0 Å². The van der Waals surface area contributed by atoms with E-state index < -0.39 is 5.60 Å². The monoisotopic (exact) mass is 323 g/mol. The number of halogens is 1. The standard InChI is InChI=1S/C15H18BrNO2/c1-13(2)9-18-12(17-13)15(4)14(3,19-15)10-7-5-6-8-11(10)16/h5-8H,9H2,1-4H3/t14-,15+/m0/s1. The molecule has 0 saturated carbocycles. The summed E-state index contributed by atoms with van der Waals surface area (Å²) in [5.74, 6) is 0.718. The van der Waals surface area contributed by atoms with E-state index in [-0.39, 0.29) is 11.1 Å². The lowest BCUT2D eigenvalue weighted by Gasteiger charge is -2.14. The van der Waals surface area contributed by atoms with Crippen molar-refractivity contribution in [1.82, 2.24) is 0 Å². The Balaban J connectivity index is 1.97. The van der Waals surface area contributed by atoms with E-state index in [9.17, 15) is 0 Å². The van der Waals surface area contributed by atoms with Gasteiger partial charge in [0.15, 0.2) is 5.60 Å². The Bertz CT molecular complexity index is 569. The smallest absolute Gasteiger partial charge is 0.220 e. The predicted octanol–water partition coefficient (Wildman–Crippen LogP) is 3.66. The zero-order valence-electron chi connectivity index (χ0n) is 11.7. The first kappa shape index (κ1) is 13.1. The Morgan fingerprint density at radius 1 is 1.11 bits per heavy atom. The molecule has 0 unspecified atom stereocenters. The van der Waals surface area contributed by atoms with Crippen LogP contribution in [0.25, 0.3) is 0 Å². The third-order valence-corrected chi connectivity index (χ3v) is 4.73. The summed E-state index contributed by atoms with van der Waals surface area (Å²) in [5, 5.41) is 0. The van der Waals surface area contributed by atoms with Crippen LogP contribution in [0.15, 0.2) is 33.7 Å². The van der Waals surface area contributed by atoms with Crippen LogP contribution in [-0.4, -0.2) is 23.6 Å². The second kappa shape index (κ2) is 3.83. The van der Waals surface area contributed by atoms with Gasteiger partial charge in [0.2, 0.25) is 5.90 Å². The van der Waals surface area contributed by atoms with Crippen molar-refractivity contribution in [3.63, 3.8) is 0 Å². The first-order valence-corrected chi connectivity index (χ1v) is 7.26. The number of hydrogen-bond donors (Lipinski definition) is 0. The zero-order valence-corrected chi connectivity index (χ0v) is 13.2. The summed E-state index contributed by atoms with van der Waals surface area (Å²) in [4.78, 5) is 4.66. The molecule has 0 aromatic heterocycles. The number of nitrogens with zero attached hydrogens (tertiary/aromatic N) is 1. The Kier molecular flexibility index (Phi) is 2.64. The number of benzene rings is 1. The second-order valence-corrected chi connectivity index (χ2v) is 7.02. The van der Waals surface area contributed by atoms with Gasteiger partial charge in [-0.3, -0.25) is 0 Å². The predicted molar refractivity (Wildman–Crippen MR) is 78.5 cm³/mol.